The molecule has 0 bridgehead atoms. The van der Waals surface area contributed by atoms with Crippen LogP contribution in [-0.2, 0) is 0 Å². The van der Waals surface area contributed by atoms with Gasteiger partial charge in [0.2, 0.25) is 0 Å². The summed E-state index contributed by atoms with van der Waals surface area (Å²) in [6.45, 7) is 0. The first kappa shape index (κ1) is 38.6. The van der Waals surface area contributed by atoms with Crippen LogP contribution in [0.2, 0.25) is 0 Å². The first-order chi connectivity index (χ1) is 29.4. The number of non-ortho nitro benzene ring substituents is 2. The van der Waals surface area contributed by atoms with E-state index in [1.54, 1.807) is 48.5 Å². The van der Waals surface area contributed by atoms with Gasteiger partial charge in [0.1, 0.15) is 0 Å². The number of nitro groups is 2. The normalized spacial score (nSPS) is 12.0. The van der Waals surface area contributed by atoms with Gasteiger partial charge in [-0.1, -0.05) is 158 Å². The molecule has 0 unspecified atom stereocenters. The number of hydrogen-bond acceptors (Lipinski definition) is 4. The highest BCUT2D eigenvalue weighted by Gasteiger charge is 2.11. The number of hydrogen-bond donors (Lipinski definition) is 0. The minimum Gasteiger partial charge on any atom is -0.258 e. The average Bonchev–Trinajstić information content (AvgIpc) is 3.30. The minimum atomic E-state index is -0.381. The fraction of sp³-hybridized carbons (Fsp3) is 0. The van der Waals surface area contributed by atoms with E-state index in [0.29, 0.717) is 0 Å². The van der Waals surface area contributed by atoms with Crippen LogP contribution < -0.4 is 0 Å². The van der Waals surface area contributed by atoms with Crippen LogP contribution in [-0.4, -0.2) is 9.85 Å². The summed E-state index contributed by atoms with van der Waals surface area (Å²) in [6, 6.07) is 63.0. The summed E-state index contributed by atoms with van der Waals surface area (Å²) in [5, 5.41) is 24.9. The van der Waals surface area contributed by atoms with Gasteiger partial charge in [-0.15, -0.1) is 0 Å². The first-order valence-electron chi connectivity index (χ1n) is 19.5. The first-order valence-corrected chi connectivity index (χ1v) is 19.5. The Morgan fingerprint density at radius 3 is 1.22 bits per heavy atom. The highest BCUT2D eigenvalue weighted by Crippen LogP contribution is 2.30. The van der Waals surface area contributed by atoms with Crippen LogP contribution in [0.5, 0.6) is 0 Å². The number of nitro benzene ring substituents is 2. The van der Waals surface area contributed by atoms with Crippen molar-refractivity contribution in [2.45, 2.75) is 0 Å². The molecule has 0 saturated heterocycles. The summed E-state index contributed by atoms with van der Waals surface area (Å²) >= 11 is 0. The van der Waals surface area contributed by atoms with Crippen molar-refractivity contribution in [3.8, 4) is 0 Å². The molecule has 0 aliphatic rings. The molecular weight excluding hydrogens is 741 g/mol. The van der Waals surface area contributed by atoms with Crippen LogP contribution in [0.15, 0.2) is 194 Å². The molecule has 6 nitrogen and oxygen atoms in total. The maximum absolute atomic E-state index is 11.3. The SMILES string of the molecule is O=[N+]([O-])c1ccc(/C(=C/c2ccc(/C=C/c3cc(/C=C/c4ccc(/C=C(\c5ccccc5)c5ccc([N+](=O)[O-])cc5)cc4)c4ccccc4c3)cc2)c2ccccc2)cc1. The number of nitrogens with zero attached hydrogens (tertiary/aromatic N) is 2. The molecule has 0 N–H and O–H groups in total. The maximum Gasteiger partial charge on any atom is 0.269 e. The lowest BCUT2D eigenvalue weighted by atomic mass is 9.95. The maximum atomic E-state index is 11.3. The number of rotatable bonds is 12. The second kappa shape index (κ2) is 17.9. The van der Waals surface area contributed by atoms with Crippen LogP contribution in [0, 0.1) is 20.2 Å². The van der Waals surface area contributed by atoms with E-state index in [9.17, 15) is 20.2 Å². The van der Waals surface area contributed by atoms with Crippen LogP contribution in [0.1, 0.15) is 55.6 Å². The van der Waals surface area contributed by atoms with Crippen molar-refractivity contribution in [1.82, 2.24) is 0 Å². The molecule has 0 aromatic heterocycles. The Balaban J connectivity index is 1.02. The summed E-state index contributed by atoms with van der Waals surface area (Å²) in [4.78, 5) is 21.8. The van der Waals surface area contributed by atoms with E-state index >= 15 is 0 Å². The lowest BCUT2D eigenvalue weighted by Gasteiger charge is -2.09. The number of benzene rings is 8. The highest BCUT2D eigenvalue weighted by molar-refractivity contribution is 5.96. The number of fused-ring (bicyclic) bond motifs is 1. The molecule has 0 spiro atoms. The predicted molar refractivity (Wildman–Crippen MR) is 248 cm³/mol. The van der Waals surface area contributed by atoms with Gasteiger partial charge in [-0.3, -0.25) is 20.2 Å². The molecule has 0 atom stereocenters. The molecule has 0 aliphatic heterocycles. The second-order valence-corrected chi connectivity index (χ2v) is 14.3. The van der Waals surface area contributed by atoms with Crippen molar-refractivity contribution >= 4 is 69.7 Å². The molecule has 0 fully saturated rings. The fourth-order valence-electron chi connectivity index (χ4n) is 7.14. The van der Waals surface area contributed by atoms with Crippen LogP contribution in [0.3, 0.4) is 0 Å². The van der Waals surface area contributed by atoms with Crippen molar-refractivity contribution < 1.29 is 9.85 Å². The van der Waals surface area contributed by atoms with E-state index in [4.69, 9.17) is 0 Å². The zero-order valence-electron chi connectivity index (χ0n) is 32.5. The van der Waals surface area contributed by atoms with Gasteiger partial charge in [-0.25, -0.2) is 0 Å². The van der Waals surface area contributed by atoms with Crippen LogP contribution >= 0.6 is 0 Å². The van der Waals surface area contributed by atoms with Gasteiger partial charge in [0.05, 0.1) is 9.85 Å². The Hall–Kier alpha value is -8.22. The van der Waals surface area contributed by atoms with Crippen LogP contribution in [0.25, 0.3) is 58.4 Å². The van der Waals surface area contributed by atoms with E-state index in [0.717, 1.165) is 72.2 Å². The average molecular weight is 779 g/mol. The quantitative estimate of drug-likeness (QED) is 0.0702. The smallest absolute Gasteiger partial charge is 0.258 e. The minimum absolute atomic E-state index is 0.0637. The lowest BCUT2D eigenvalue weighted by Crippen LogP contribution is -1.91. The van der Waals surface area contributed by atoms with Gasteiger partial charge in [0, 0.05) is 24.3 Å². The fourth-order valence-corrected chi connectivity index (χ4v) is 7.14. The Morgan fingerprint density at radius 1 is 0.367 bits per heavy atom. The summed E-state index contributed by atoms with van der Waals surface area (Å²) in [7, 11) is 0. The van der Waals surface area contributed by atoms with Crippen LogP contribution in [0.4, 0.5) is 11.4 Å². The molecule has 0 saturated carbocycles. The molecule has 8 aromatic carbocycles. The third-order valence-electron chi connectivity index (χ3n) is 10.3. The third-order valence-corrected chi connectivity index (χ3v) is 10.3. The van der Waals surface area contributed by atoms with E-state index in [1.165, 1.54) is 5.39 Å². The molecule has 0 aliphatic carbocycles. The zero-order valence-corrected chi connectivity index (χ0v) is 32.5. The second-order valence-electron chi connectivity index (χ2n) is 14.3. The Labute approximate surface area is 348 Å². The van der Waals surface area contributed by atoms with Crippen molar-refractivity contribution in [2.75, 3.05) is 0 Å². The largest absolute Gasteiger partial charge is 0.269 e. The monoisotopic (exact) mass is 778 g/mol. The summed E-state index contributed by atoms with van der Waals surface area (Å²) < 4.78 is 0. The molecule has 0 amide bonds. The Kier molecular flexibility index (Phi) is 11.5. The lowest BCUT2D eigenvalue weighted by molar-refractivity contribution is -0.385. The van der Waals surface area contributed by atoms with Gasteiger partial charge in [0.25, 0.3) is 11.4 Å². The topological polar surface area (TPSA) is 86.3 Å². The Bertz CT molecular complexity index is 2910. The molecule has 288 valence electrons. The molecule has 60 heavy (non-hydrogen) atoms. The summed E-state index contributed by atoms with van der Waals surface area (Å²) in [5.41, 5.74) is 12.3. The van der Waals surface area contributed by atoms with E-state index in [-0.39, 0.29) is 21.2 Å². The van der Waals surface area contributed by atoms with Gasteiger partial charge in [-0.2, -0.15) is 0 Å². The van der Waals surface area contributed by atoms with Gasteiger partial charge >= 0.3 is 0 Å². The van der Waals surface area contributed by atoms with E-state index < -0.39 is 0 Å². The molecular formula is C54H38N2O4. The molecule has 0 heterocycles. The highest BCUT2D eigenvalue weighted by atomic mass is 16.6. The van der Waals surface area contributed by atoms with E-state index in [2.05, 4.69) is 121 Å². The van der Waals surface area contributed by atoms with Crippen molar-refractivity contribution in [3.05, 3.63) is 270 Å². The predicted octanol–water partition coefficient (Wildman–Crippen LogP) is 14.2. The molecule has 8 rings (SSSR count). The molecule has 0 radical (unpaired) electrons. The standard InChI is InChI=1S/C54H38N2O4/c57-55(58)50-31-27-46(28-32-50)53(44-9-3-1-4-10-44)37-41-20-15-39(16-21-41)19-24-43-35-48-13-7-8-14-52(48)49(36-43)26-25-40-17-22-42(23-18-40)38-54(45-11-5-2-6-12-45)47-29-33-51(34-30-47)56(59)60/h1-38H/b24-19+,26-25+,53-37+,54-38+. The summed E-state index contributed by atoms with van der Waals surface area (Å²) in [6.07, 6.45) is 12.8. The third kappa shape index (κ3) is 9.31. The van der Waals surface area contributed by atoms with Gasteiger partial charge in [-0.05, 0) is 126 Å². The van der Waals surface area contributed by atoms with Crippen molar-refractivity contribution in [1.29, 1.82) is 0 Å². The molecule has 8 aromatic rings. The zero-order chi connectivity index (χ0) is 41.3. The van der Waals surface area contributed by atoms with Gasteiger partial charge in [0.15, 0.2) is 0 Å². The van der Waals surface area contributed by atoms with Crippen molar-refractivity contribution in [3.63, 3.8) is 0 Å². The Morgan fingerprint density at radius 2 is 0.750 bits per heavy atom. The summed E-state index contributed by atoms with van der Waals surface area (Å²) in [5.74, 6) is 0. The van der Waals surface area contributed by atoms with Gasteiger partial charge < -0.3 is 0 Å². The van der Waals surface area contributed by atoms with Crippen molar-refractivity contribution in [2.24, 2.45) is 0 Å². The molecule has 6 heteroatoms. The van der Waals surface area contributed by atoms with E-state index in [1.807, 2.05) is 60.7 Å².